The van der Waals surface area contributed by atoms with Gasteiger partial charge < -0.3 is 4.74 Å². The van der Waals surface area contributed by atoms with E-state index in [9.17, 15) is 0 Å². The van der Waals surface area contributed by atoms with Crippen molar-refractivity contribution >= 4 is 0 Å². The van der Waals surface area contributed by atoms with Gasteiger partial charge in [0.1, 0.15) is 5.75 Å². The molecule has 0 spiro atoms. The molecule has 2 aromatic carbocycles. The Morgan fingerprint density at radius 1 is 0.621 bits per heavy atom. The van der Waals surface area contributed by atoms with E-state index >= 15 is 0 Å². The van der Waals surface area contributed by atoms with E-state index in [4.69, 9.17) is 10.00 Å². The van der Waals surface area contributed by atoms with Crippen LogP contribution in [0.4, 0.5) is 0 Å². The van der Waals surface area contributed by atoms with Crippen LogP contribution >= 0.6 is 0 Å². The van der Waals surface area contributed by atoms with Gasteiger partial charge in [0.2, 0.25) is 0 Å². The van der Waals surface area contributed by atoms with E-state index < -0.39 is 0 Å². The number of ether oxygens (including phenoxy) is 1. The minimum atomic E-state index is 0.652. The van der Waals surface area contributed by atoms with Gasteiger partial charge >= 0.3 is 0 Å². The van der Waals surface area contributed by atoms with Crippen LogP contribution in [-0.4, -0.2) is 6.61 Å². The van der Waals surface area contributed by atoms with Gasteiger partial charge in [0.05, 0.1) is 18.2 Å². The van der Waals surface area contributed by atoms with Crippen LogP contribution in [0.5, 0.6) is 5.75 Å². The van der Waals surface area contributed by atoms with Gasteiger partial charge in [0, 0.05) is 11.1 Å². The third kappa shape index (κ3) is 9.87. The Balaban J connectivity index is 1.58. The summed E-state index contributed by atoms with van der Waals surface area (Å²) in [6.07, 6.45) is 13.4. The fourth-order valence-corrected chi connectivity index (χ4v) is 3.19. The van der Waals surface area contributed by atoms with Crippen molar-refractivity contribution in [3.05, 3.63) is 65.2 Å². The molecule has 0 saturated heterocycles. The predicted octanol–water partition coefficient (Wildman–Crippen LogP) is 7.26. The first-order chi connectivity index (χ1) is 14.3. The summed E-state index contributed by atoms with van der Waals surface area (Å²) in [5.74, 6) is 7.18. The highest BCUT2D eigenvalue weighted by molar-refractivity contribution is 5.45. The lowest BCUT2D eigenvalue weighted by Gasteiger charge is -2.06. The summed E-state index contributed by atoms with van der Waals surface area (Å²) in [6, 6.07) is 17.4. The lowest BCUT2D eigenvalue weighted by atomic mass is 10.1. The topological polar surface area (TPSA) is 33.0 Å². The van der Waals surface area contributed by atoms with Crippen LogP contribution in [0.25, 0.3) is 0 Å². The third-order valence-electron chi connectivity index (χ3n) is 4.99. The van der Waals surface area contributed by atoms with Crippen molar-refractivity contribution in [3.8, 4) is 23.7 Å². The van der Waals surface area contributed by atoms with E-state index in [1.54, 1.807) is 12.1 Å². The van der Waals surface area contributed by atoms with Crippen molar-refractivity contribution < 1.29 is 4.74 Å². The Bertz CT molecular complexity index is 788. The van der Waals surface area contributed by atoms with Crippen molar-refractivity contribution in [2.75, 3.05) is 6.61 Å². The smallest absolute Gasteiger partial charge is 0.119 e. The first kappa shape index (κ1) is 22.6. The van der Waals surface area contributed by atoms with Gasteiger partial charge in [0.25, 0.3) is 0 Å². The maximum absolute atomic E-state index is 8.82. The average Bonchev–Trinajstić information content (AvgIpc) is 2.77. The number of nitriles is 1. The zero-order chi connectivity index (χ0) is 20.6. The zero-order valence-electron chi connectivity index (χ0n) is 17.8. The number of hydrogen-bond donors (Lipinski definition) is 0. The molecule has 0 saturated carbocycles. The number of benzene rings is 2. The molecule has 2 rings (SSSR count). The Morgan fingerprint density at radius 2 is 1.07 bits per heavy atom. The van der Waals surface area contributed by atoms with Crippen LogP contribution in [0.2, 0.25) is 0 Å². The third-order valence-corrected chi connectivity index (χ3v) is 4.99. The Labute approximate surface area is 176 Å². The molecule has 0 aliphatic heterocycles. The highest BCUT2D eigenvalue weighted by Crippen LogP contribution is 2.14. The van der Waals surface area contributed by atoms with Gasteiger partial charge in [-0.25, -0.2) is 0 Å². The van der Waals surface area contributed by atoms with Gasteiger partial charge in [-0.2, -0.15) is 5.26 Å². The number of nitrogens with zero attached hydrogens (tertiary/aromatic N) is 1. The molecule has 0 aliphatic rings. The van der Waals surface area contributed by atoms with Gasteiger partial charge in [-0.1, -0.05) is 76.6 Å². The molecule has 0 heterocycles. The summed E-state index contributed by atoms with van der Waals surface area (Å²) < 4.78 is 5.84. The van der Waals surface area contributed by atoms with E-state index in [1.807, 2.05) is 36.4 Å². The quantitative estimate of drug-likeness (QED) is 0.284. The molecule has 2 heteroatoms. The second-order valence-electron chi connectivity index (χ2n) is 7.49. The molecule has 0 unspecified atom stereocenters. The number of hydrogen-bond acceptors (Lipinski definition) is 2. The van der Waals surface area contributed by atoms with Crippen molar-refractivity contribution in [3.63, 3.8) is 0 Å². The van der Waals surface area contributed by atoms with Gasteiger partial charge in [-0.05, 0) is 55.0 Å². The van der Waals surface area contributed by atoms with Crippen LogP contribution in [-0.2, 0) is 0 Å². The summed E-state index contributed by atoms with van der Waals surface area (Å²) in [4.78, 5) is 0. The molecule has 29 heavy (non-hydrogen) atoms. The van der Waals surface area contributed by atoms with Crippen molar-refractivity contribution in [2.45, 2.75) is 71.1 Å². The van der Waals surface area contributed by atoms with E-state index in [0.717, 1.165) is 29.9 Å². The summed E-state index contributed by atoms with van der Waals surface area (Å²) in [5, 5.41) is 8.82. The Morgan fingerprint density at radius 3 is 1.59 bits per heavy atom. The van der Waals surface area contributed by atoms with Gasteiger partial charge in [-0.3, -0.25) is 0 Å². The number of rotatable bonds is 12. The highest BCUT2D eigenvalue weighted by atomic mass is 16.5. The van der Waals surface area contributed by atoms with E-state index in [1.165, 1.54) is 57.8 Å². The molecule has 0 aliphatic carbocycles. The van der Waals surface area contributed by atoms with Gasteiger partial charge in [-0.15, -0.1) is 0 Å². The molecular weight excluding hydrogens is 354 g/mol. The van der Waals surface area contributed by atoms with Crippen molar-refractivity contribution in [2.24, 2.45) is 0 Å². The SMILES string of the molecule is CCCCCCCCCCCCOc1ccc(C#Cc2ccc(C#N)cc2)cc1. The lowest BCUT2D eigenvalue weighted by Crippen LogP contribution is -1.97. The van der Waals surface area contributed by atoms with Crippen LogP contribution in [0.1, 0.15) is 87.8 Å². The Hall–Kier alpha value is -2.71. The summed E-state index contributed by atoms with van der Waals surface area (Å²) >= 11 is 0. The first-order valence-corrected chi connectivity index (χ1v) is 11.1. The maximum atomic E-state index is 8.82. The normalized spacial score (nSPS) is 10.1. The fraction of sp³-hybridized carbons (Fsp3) is 0.444. The second-order valence-corrected chi connectivity index (χ2v) is 7.49. The minimum Gasteiger partial charge on any atom is -0.494 e. The summed E-state index contributed by atoms with van der Waals surface area (Å²) in [6.45, 7) is 3.05. The van der Waals surface area contributed by atoms with Gasteiger partial charge in [0.15, 0.2) is 0 Å². The van der Waals surface area contributed by atoms with Crippen LogP contribution in [0, 0.1) is 23.2 Å². The zero-order valence-corrected chi connectivity index (χ0v) is 17.8. The monoisotopic (exact) mass is 387 g/mol. The fourth-order valence-electron chi connectivity index (χ4n) is 3.19. The highest BCUT2D eigenvalue weighted by Gasteiger charge is 1.96. The molecule has 0 radical (unpaired) electrons. The molecule has 0 atom stereocenters. The molecule has 152 valence electrons. The predicted molar refractivity (Wildman–Crippen MR) is 121 cm³/mol. The first-order valence-electron chi connectivity index (χ1n) is 11.1. The molecule has 0 amide bonds. The van der Waals surface area contributed by atoms with E-state index in [0.29, 0.717) is 5.56 Å². The van der Waals surface area contributed by atoms with Crippen molar-refractivity contribution in [1.82, 2.24) is 0 Å². The molecule has 0 N–H and O–H groups in total. The summed E-state index contributed by atoms with van der Waals surface area (Å²) in [5.41, 5.74) is 2.52. The molecule has 0 bridgehead atoms. The second kappa shape index (κ2) is 14.3. The number of unbranched alkanes of at least 4 members (excludes halogenated alkanes) is 9. The van der Waals surface area contributed by atoms with Crippen LogP contribution in [0.15, 0.2) is 48.5 Å². The van der Waals surface area contributed by atoms with E-state index in [-0.39, 0.29) is 0 Å². The van der Waals surface area contributed by atoms with E-state index in [2.05, 4.69) is 24.8 Å². The maximum Gasteiger partial charge on any atom is 0.119 e. The van der Waals surface area contributed by atoms with Crippen molar-refractivity contribution in [1.29, 1.82) is 5.26 Å². The largest absolute Gasteiger partial charge is 0.494 e. The van der Waals surface area contributed by atoms with Crippen LogP contribution in [0.3, 0.4) is 0 Å². The Kier molecular flexibility index (Phi) is 11.1. The molecule has 0 fully saturated rings. The lowest BCUT2D eigenvalue weighted by molar-refractivity contribution is 0.304. The standard InChI is InChI=1S/C27H33NO/c1-2-3-4-5-6-7-8-9-10-11-22-29-27-20-18-25(19-21-27)13-12-24-14-16-26(23-28)17-15-24/h14-21H,2-11,22H2,1H3. The molecule has 0 aromatic heterocycles. The summed E-state index contributed by atoms with van der Waals surface area (Å²) in [7, 11) is 0. The molecule has 2 aromatic rings. The van der Waals surface area contributed by atoms with Crippen LogP contribution < -0.4 is 4.74 Å². The minimum absolute atomic E-state index is 0.652. The average molecular weight is 388 g/mol. The molecule has 2 nitrogen and oxygen atoms in total. The molecular formula is C27H33NO.